The van der Waals surface area contributed by atoms with Crippen molar-refractivity contribution < 1.29 is 31.2 Å². The molecule has 7 nitrogen and oxygen atoms in total. The van der Waals surface area contributed by atoms with Gasteiger partial charge in [0.2, 0.25) is 10.4 Å². The highest BCUT2D eigenvalue weighted by atomic mass is 32.3. The van der Waals surface area contributed by atoms with Crippen LogP contribution in [-0.4, -0.2) is 64.3 Å². The quantitative estimate of drug-likeness (QED) is 0.238. The Bertz CT molecular complexity index is 396. The minimum atomic E-state index is -4.41. The molecule has 0 aliphatic rings. The van der Waals surface area contributed by atoms with Crippen molar-refractivity contribution in [3.05, 3.63) is 12.2 Å². The second kappa shape index (κ2) is 8.26. The van der Waals surface area contributed by atoms with Crippen LogP contribution in [0.3, 0.4) is 0 Å². The largest absolute Gasteiger partial charge is 0.726 e. The molecule has 1 unspecified atom stereocenters. The van der Waals surface area contributed by atoms with Gasteiger partial charge in [-0.25, -0.2) is 13.2 Å². The normalized spacial score (nSPS) is 13.0. The minimum absolute atomic E-state index is 0.295. The van der Waals surface area contributed by atoms with E-state index in [0.717, 1.165) is 11.6 Å². The predicted octanol–water partition coefficient (Wildman–Crippen LogP) is 0.293. The van der Waals surface area contributed by atoms with Crippen LogP contribution in [0.4, 0.5) is 0 Å². The number of hydrogen-bond donors (Lipinski definition) is 0. The van der Waals surface area contributed by atoms with Crippen LogP contribution in [0.25, 0.3) is 0 Å². The molecule has 0 aromatic carbocycles. The van der Waals surface area contributed by atoms with E-state index < -0.39 is 10.4 Å². The first-order chi connectivity index (χ1) is 8.31. The summed E-state index contributed by atoms with van der Waals surface area (Å²) >= 11 is 0. The van der Waals surface area contributed by atoms with Crippen LogP contribution in [0.15, 0.2) is 12.2 Å². The molecule has 0 rings (SSSR count). The summed E-state index contributed by atoms with van der Waals surface area (Å²) in [7, 11) is 2.60. The Balaban J connectivity index is 0. The third kappa shape index (κ3) is 13.3. The van der Waals surface area contributed by atoms with E-state index in [1.807, 2.05) is 6.92 Å². The highest BCUT2D eigenvalue weighted by molar-refractivity contribution is 7.80. The van der Waals surface area contributed by atoms with Gasteiger partial charge in [-0.2, -0.15) is 0 Å². The van der Waals surface area contributed by atoms with Crippen molar-refractivity contribution in [1.82, 2.24) is 0 Å². The maximum absolute atomic E-state index is 11.0. The van der Waals surface area contributed by atoms with E-state index >= 15 is 0 Å². The van der Waals surface area contributed by atoms with Crippen molar-refractivity contribution in [2.24, 2.45) is 0 Å². The molecule has 0 heterocycles. The average Bonchev–Trinajstić information content (AvgIpc) is 2.23. The lowest BCUT2D eigenvalue weighted by molar-refractivity contribution is -0.894. The van der Waals surface area contributed by atoms with Crippen molar-refractivity contribution >= 4 is 16.4 Å². The van der Waals surface area contributed by atoms with Gasteiger partial charge in [0.1, 0.15) is 12.6 Å². The Morgan fingerprint density at radius 2 is 1.74 bits per heavy atom. The number of likely N-dealkylation sites (N-methyl/N-ethyl adjacent to an activating group) is 1. The van der Waals surface area contributed by atoms with Crippen LogP contribution in [-0.2, 0) is 24.1 Å². The molecule has 0 saturated heterocycles. The van der Waals surface area contributed by atoms with Crippen LogP contribution < -0.4 is 0 Å². The number of esters is 1. The molecule has 0 aliphatic heterocycles. The smallest absolute Gasteiger partial charge is 0.333 e. The Morgan fingerprint density at radius 1 is 1.37 bits per heavy atom. The molecule has 0 amide bonds. The lowest BCUT2D eigenvalue weighted by Crippen LogP contribution is -2.46. The summed E-state index contributed by atoms with van der Waals surface area (Å²) < 4.78 is 36.8. The van der Waals surface area contributed by atoms with Gasteiger partial charge in [-0.05, 0) is 13.8 Å². The summed E-state index contributed by atoms with van der Waals surface area (Å²) in [6, 6.07) is 0.295. The third-order valence-electron chi connectivity index (χ3n) is 2.33. The van der Waals surface area contributed by atoms with E-state index in [0.29, 0.717) is 18.2 Å². The van der Waals surface area contributed by atoms with Crippen LogP contribution in [0.5, 0.6) is 0 Å². The maximum atomic E-state index is 11.0. The molecule has 0 aromatic rings. The number of quaternary nitrogens is 1. The van der Waals surface area contributed by atoms with E-state index in [1.165, 1.54) is 0 Å². The summed E-state index contributed by atoms with van der Waals surface area (Å²) in [4.78, 5) is 11.0. The summed E-state index contributed by atoms with van der Waals surface area (Å²) in [6.07, 6.45) is 0. The van der Waals surface area contributed by atoms with Gasteiger partial charge in [0.15, 0.2) is 0 Å². The molecule has 0 saturated carbocycles. The lowest BCUT2D eigenvalue weighted by atomic mass is 10.3. The lowest BCUT2D eigenvalue weighted by Gasteiger charge is -2.31. The van der Waals surface area contributed by atoms with Gasteiger partial charge < -0.3 is 13.8 Å². The Labute approximate surface area is 115 Å². The molecule has 0 N–H and O–H groups in total. The molecule has 0 radical (unpaired) electrons. The number of carbonyl (C=O) groups excluding carboxylic acids is 1. The highest BCUT2D eigenvalue weighted by Crippen LogP contribution is 2.03. The van der Waals surface area contributed by atoms with Crippen LogP contribution >= 0.6 is 0 Å². The molecule has 0 spiro atoms. The molecule has 0 bridgehead atoms. The van der Waals surface area contributed by atoms with Gasteiger partial charge >= 0.3 is 5.97 Å². The zero-order chi connectivity index (χ0) is 15.9. The van der Waals surface area contributed by atoms with Crippen molar-refractivity contribution in [1.29, 1.82) is 0 Å². The van der Waals surface area contributed by atoms with Gasteiger partial charge in [-0.15, -0.1) is 0 Å². The van der Waals surface area contributed by atoms with Gasteiger partial charge in [-0.3, -0.25) is 4.18 Å². The fourth-order valence-electron chi connectivity index (χ4n) is 0.543. The van der Waals surface area contributed by atoms with Crippen molar-refractivity contribution in [3.63, 3.8) is 0 Å². The fraction of sp³-hybridized carbons (Fsp3) is 0.727. The monoisotopic (exact) mass is 297 g/mol. The molecule has 0 fully saturated rings. The Kier molecular flexibility index (Phi) is 8.85. The van der Waals surface area contributed by atoms with Crippen molar-refractivity contribution in [2.75, 3.05) is 34.9 Å². The maximum Gasteiger partial charge on any atom is 0.333 e. The average molecular weight is 297 g/mol. The van der Waals surface area contributed by atoms with Crippen LogP contribution in [0, 0.1) is 0 Å². The SMILES string of the molecule is C=C(C)C(=O)OCC(C)[N+](C)(C)C.COS(=O)(=O)[O-]. The minimum Gasteiger partial charge on any atom is -0.726 e. The Hall–Kier alpha value is -0.960. The molecule has 0 aliphatic carbocycles. The molecule has 114 valence electrons. The third-order valence-corrected chi connectivity index (χ3v) is 2.74. The highest BCUT2D eigenvalue weighted by Gasteiger charge is 2.19. The summed E-state index contributed by atoms with van der Waals surface area (Å²) in [5.74, 6) is -0.305. The topological polar surface area (TPSA) is 92.7 Å². The predicted molar refractivity (Wildman–Crippen MR) is 70.0 cm³/mol. The second-order valence-electron chi connectivity index (χ2n) is 4.92. The summed E-state index contributed by atoms with van der Waals surface area (Å²) in [6.45, 7) is 7.65. The van der Waals surface area contributed by atoms with E-state index in [1.54, 1.807) is 6.92 Å². The van der Waals surface area contributed by atoms with Gasteiger partial charge in [-0.1, -0.05) is 6.58 Å². The molecule has 0 aromatic heterocycles. The zero-order valence-corrected chi connectivity index (χ0v) is 13.1. The van der Waals surface area contributed by atoms with Crippen molar-refractivity contribution in [3.8, 4) is 0 Å². The summed E-state index contributed by atoms with van der Waals surface area (Å²) in [5, 5.41) is 0. The molecular weight excluding hydrogens is 274 g/mol. The Morgan fingerprint density at radius 3 is 1.95 bits per heavy atom. The molecule has 8 heteroatoms. The molecule has 1 atom stereocenters. The number of ether oxygens (including phenoxy) is 1. The van der Waals surface area contributed by atoms with Crippen LogP contribution in [0.2, 0.25) is 0 Å². The molecular formula is C11H23NO6S. The van der Waals surface area contributed by atoms with E-state index in [2.05, 4.69) is 31.9 Å². The van der Waals surface area contributed by atoms with Crippen molar-refractivity contribution in [2.45, 2.75) is 19.9 Å². The molecule has 19 heavy (non-hydrogen) atoms. The number of rotatable bonds is 5. The van der Waals surface area contributed by atoms with Gasteiger partial charge in [0.25, 0.3) is 0 Å². The summed E-state index contributed by atoms with van der Waals surface area (Å²) in [5.41, 5.74) is 0.452. The number of hydrogen-bond acceptors (Lipinski definition) is 6. The standard InChI is InChI=1S/C10H20NO2.CH4O4S/c1-8(2)10(12)13-7-9(3)11(4,5)6;1-5-6(2,3)4/h9H,1,7H2,2-6H3;1H3,(H,2,3,4)/q+1;/p-1. The van der Waals surface area contributed by atoms with Crippen LogP contribution in [0.1, 0.15) is 13.8 Å². The van der Waals surface area contributed by atoms with Gasteiger partial charge in [0.05, 0.1) is 28.3 Å². The first-order valence-electron chi connectivity index (χ1n) is 5.46. The fourth-order valence-corrected chi connectivity index (χ4v) is 0.543. The second-order valence-corrected chi connectivity index (χ2v) is 6.07. The van der Waals surface area contributed by atoms with E-state index in [9.17, 15) is 17.8 Å². The van der Waals surface area contributed by atoms with E-state index in [-0.39, 0.29) is 5.97 Å². The first-order valence-corrected chi connectivity index (χ1v) is 6.79. The number of carbonyl (C=O) groups is 1. The van der Waals surface area contributed by atoms with Gasteiger partial charge in [0, 0.05) is 5.57 Å². The van der Waals surface area contributed by atoms with E-state index in [4.69, 9.17) is 4.74 Å². The first kappa shape index (κ1) is 20.4. The number of nitrogens with zero attached hydrogens (tertiary/aromatic N) is 1. The zero-order valence-electron chi connectivity index (χ0n) is 12.3.